The van der Waals surface area contributed by atoms with Gasteiger partial charge in [-0.15, -0.1) is 0 Å². The standard InChI is InChI=1S/C18H31BrN2O2Si/c1-18(2,3)24(5,6)23-13-14-7-8-21(11-14)12-16-17(22-4)9-15(19)10-20-16/h9-10,14H,7-8,11-13H2,1-6H3/t14-/m1/s1. The van der Waals surface area contributed by atoms with Crippen LogP contribution in [0.2, 0.25) is 18.1 Å². The van der Waals surface area contributed by atoms with E-state index in [4.69, 9.17) is 9.16 Å². The molecule has 2 rings (SSSR count). The van der Waals surface area contributed by atoms with E-state index >= 15 is 0 Å². The van der Waals surface area contributed by atoms with Gasteiger partial charge in [-0.2, -0.15) is 0 Å². The smallest absolute Gasteiger partial charge is 0.191 e. The summed E-state index contributed by atoms with van der Waals surface area (Å²) < 4.78 is 12.8. The van der Waals surface area contributed by atoms with Crippen LogP contribution >= 0.6 is 15.9 Å². The van der Waals surface area contributed by atoms with Gasteiger partial charge >= 0.3 is 0 Å². The number of hydrogen-bond acceptors (Lipinski definition) is 4. The van der Waals surface area contributed by atoms with Crippen LogP contribution in [0, 0.1) is 5.92 Å². The van der Waals surface area contributed by atoms with Crippen molar-refractivity contribution in [2.75, 3.05) is 26.8 Å². The highest BCUT2D eigenvalue weighted by Gasteiger charge is 2.38. The minimum atomic E-state index is -1.65. The van der Waals surface area contributed by atoms with E-state index in [9.17, 15) is 0 Å². The van der Waals surface area contributed by atoms with Crippen molar-refractivity contribution in [3.8, 4) is 5.75 Å². The lowest BCUT2D eigenvalue weighted by Crippen LogP contribution is -2.42. The van der Waals surface area contributed by atoms with Gasteiger partial charge in [0.1, 0.15) is 5.75 Å². The monoisotopic (exact) mass is 414 g/mol. The summed E-state index contributed by atoms with van der Waals surface area (Å²) in [6.07, 6.45) is 3.04. The maximum absolute atomic E-state index is 6.40. The number of aromatic nitrogens is 1. The van der Waals surface area contributed by atoms with Crippen LogP contribution in [0.1, 0.15) is 32.9 Å². The highest BCUT2D eigenvalue weighted by Crippen LogP contribution is 2.37. The average molecular weight is 415 g/mol. The first-order valence-corrected chi connectivity index (χ1v) is 12.4. The molecule has 0 radical (unpaired) electrons. The normalized spacial score (nSPS) is 19.7. The lowest BCUT2D eigenvalue weighted by molar-refractivity contribution is 0.220. The summed E-state index contributed by atoms with van der Waals surface area (Å²) >= 11 is 3.45. The zero-order chi connectivity index (χ0) is 18.0. The largest absolute Gasteiger partial charge is 0.495 e. The van der Waals surface area contributed by atoms with Gasteiger partial charge in [-0.3, -0.25) is 9.88 Å². The second kappa shape index (κ2) is 7.85. The fourth-order valence-corrected chi connectivity index (χ4v) is 4.09. The molecule has 1 aliphatic rings. The lowest BCUT2D eigenvalue weighted by Gasteiger charge is -2.37. The van der Waals surface area contributed by atoms with Gasteiger partial charge in [-0.1, -0.05) is 20.8 Å². The van der Waals surface area contributed by atoms with Gasteiger partial charge in [0.05, 0.1) is 12.8 Å². The van der Waals surface area contributed by atoms with Crippen LogP contribution in [-0.4, -0.2) is 45.0 Å². The first-order valence-electron chi connectivity index (χ1n) is 8.67. The van der Waals surface area contributed by atoms with Crippen molar-refractivity contribution in [3.05, 3.63) is 22.4 Å². The average Bonchev–Trinajstić information content (AvgIpc) is 2.93. The molecule has 0 spiro atoms. The zero-order valence-electron chi connectivity index (χ0n) is 15.9. The second-order valence-electron chi connectivity index (χ2n) is 8.26. The van der Waals surface area contributed by atoms with Crippen LogP contribution in [0.3, 0.4) is 0 Å². The number of likely N-dealkylation sites (tertiary alicyclic amines) is 1. The molecule has 1 atom stereocenters. The highest BCUT2D eigenvalue weighted by molar-refractivity contribution is 9.10. The molecule has 1 saturated heterocycles. The van der Waals surface area contributed by atoms with Crippen molar-refractivity contribution in [3.63, 3.8) is 0 Å². The summed E-state index contributed by atoms with van der Waals surface area (Å²) in [5, 5.41) is 0.278. The molecule has 0 aliphatic carbocycles. The predicted molar refractivity (Wildman–Crippen MR) is 105 cm³/mol. The van der Waals surface area contributed by atoms with Crippen LogP contribution in [0.5, 0.6) is 5.75 Å². The number of nitrogens with zero attached hydrogens (tertiary/aromatic N) is 2. The summed E-state index contributed by atoms with van der Waals surface area (Å²) in [5.74, 6) is 1.48. The molecule has 1 aliphatic heterocycles. The molecule has 0 aromatic carbocycles. The quantitative estimate of drug-likeness (QED) is 0.631. The van der Waals surface area contributed by atoms with E-state index in [-0.39, 0.29) is 5.04 Å². The summed E-state index contributed by atoms with van der Waals surface area (Å²) in [6.45, 7) is 15.5. The number of methoxy groups -OCH3 is 1. The van der Waals surface area contributed by atoms with Crippen molar-refractivity contribution in [2.24, 2.45) is 5.92 Å². The van der Waals surface area contributed by atoms with Crippen molar-refractivity contribution >= 4 is 24.2 Å². The lowest BCUT2D eigenvalue weighted by atomic mass is 10.1. The molecule has 4 nitrogen and oxygen atoms in total. The first kappa shape index (κ1) is 19.9. The number of rotatable bonds is 6. The zero-order valence-corrected chi connectivity index (χ0v) is 18.4. The Hall–Kier alpha value is -0.433. The fraction of sp³-hybridized carbons (Fsp3) is 0.722. The molecule has 1 aromatic heterocycles. The Morgan fingerprint density at radius 3 is 2.71 bits per heavy atom. The Morgan fingerprint density at radius 2 is 2.08 bits per heavy atom. The Bertz CT molecular complexity index is 560. The predicted octanol–water partition coefficient (Wildman–Crippen LogP) is 4.70. The van der Waals surface area contributed by atoms with Gasteiger partial charge in [-0.05, 0) is 59.0 Å². The summed E-state index contributed by atoms with van der Waals surface area (Å²) in [5.41, 5.74) is 1.01. The third-order valence-corrected chi connectivity index (χ3v) is 10.3. The van der Waals surface area contributed by atoms with Gasteiger partial charge in [0.25, 0.3) is 0 Å². The Balaban J connectivity index is 1.88. The van der Waals surface area contributed by atoms with Crippen molar-refractivity contribution in [2.45, 2.75) is 51.9 Å². The molecule has 24 heavy (non-hydrogen) atoms. The van der Waals surface area contributed by atoms with Gasteiger partial charge < -0.3 is 9.16 Å². The molecule has 1 fully saturated rings. The van der Waals surface area contributed by atoms with Crippen molar-refractivity contribution < 1.29 is 9.16 Å². The topological polar surface area (TPSA) is 34.6 Å². The van der Waals surface area contributed by atoms with E-state index in [1.54, 1.807) is 7.11 Å². The number of pyridine rings is 1. The first-order chi connectivity index (χ1) is 11.1. The number of halogens is 1. The molecule has 0 saturated carbocycles. The molecule has 136 valence electrons. The van der Waals surface area contributed by atoms with Gasteiger partial charge in [0.15, 0.2) is 8.32 Å². The van der Waals surface area contributed by atoms with Crippen molar-refractivity contribution in [1.29, 1.82) is 0 Å². The van der Waals surface area contributed by atoms with Crippen LogP contribution < -0.4 is 4.74 Å². The number of hydrogen-bond donors (Lipinski definition) is 0. The minimum Gasteiger partial charge on any atom is -0.495 e. The summed E-state index contributed by atoms with van der Waals surface area (Å²) in [7, 11) is 0.0555. The van der Waals surface area contributed by atoms with Gasteiger partial charge in [0, 0.05) is 30.4 Å². The summed E-state index contributed by atoms with van der Waals surface area (Å²) in [4.78, 5) is 6.97. The third kappa shape index (κ3) is 5.03. The van der Waals surface area contributed by atoms with E-state index in [1.165, 1.54) is 6.42 Å². The van der Waals surface area contributed by atoms with E-state index in [2.05, 4.69) is 59.7 Å². The second-order valence-corrected chi connectivity index (χ2v) is 14.0. The molecular formula is C18H31BrN2O2Si. The van der Waals surface area contributed by atoms with Crippen LogP contribution in [0.15, 0.2) is 16.7 Å². The molecule has 0 bridgehead atoms. The molecule has 1 aromatic rings. The molecular weight excluding hydrogens is 384 g/mol. The van der Waals surface area contributed by atoms with E-state index in [0.717, 1.165) is 42.2 Å². The van der Waals surface area contributed by atoms with E-state index < -0.39 is 8.32 Å². The fourth-order valence-electron chi connectivity index (χ4n) is 2.69. The van der Waals surface area contributed by atoms with Crippen LogP contribution in [-0.2, 0) is 11.0 Å². The molecule has 6 heteroatoms. The van der Waals surface area contributed by atoms with Gasteiger partial charge in [0.2, 0.25) is 0 Å². The SMILES string of the molecule is COc1cc(Br)cnc1CN1CC[C@@H](CO[Si](C)(C)C(C)(C)C)C1. The molecule has 0 amide bonds. The maximum atomic E-state index is 6.40. The Kier molecular flexibility index (Phi) is 6.50. The minimum absolute atomic E-state index is 0.278. The van der Waals surface area contributed by atoms with E-state index in [1.807, 2.05) is 12.3 Å². The molecule has 0 unspecified atom stereocenters. The Labute approximate surface area is 156 Å². The summed E-state index contributed by atoms with van der Waals surface area (Å²) in [6, 6.07) is 1.98. The van der Waals surface area contributed by atoms with Crippen LogP contribution in [0.25, 0.3) is 0 Å². The van der Waals surface area contributed by atoms with Crippen molar-refractivity contribution in [1.82, 2.24) is 9.88 Å². The molecule has 2 heterocycles. The highest BCUT2D eigenvalue weighted by atomic mass is 79.9. The van der Waals surface area contributed by atoms with Gasteiger partial charge in [-0.25, -0.2) is 0 Å². The van der Waals surface area contributed by atoms with E-state index in [0.29, 0.717) is 5.92 Å². The Morgan fingerprint density at radius 1 is 1.38 bits per heavy atom. The molecule has 0 N–H and O–H groups in total. The number of ether oxygens (including phenoxy) is 1. The van der Waals surface area contributed by atoms with Crippen LogP contribution in [0.4, 0.5) is 0 Å². The maximum Gasteiger partial charge on any atom is 0.191 e. The third-order valence-electron chi connectivity index (χ3n) is 5.35.